The quantitative estimate of drug-likeness (QED) is 0.618. The molecule has 0 radical (unpaired) electrons. The van der Waals surface area contributed by atoms with Crippen LogP contribution in [0.15, 0.2) is 0 Å². The molecule has 0 aromatic rings. The first kappa shape index (κ1) is 12.9. The van der Waals surface area contributed by atoms with Crippen molar-refractivity contribution in [3.63, 3.8) is 0 Å². The lowest BCUT2D eigenvalue weighted by atomic mass is 10.0. The van der Waals surface area contributed by atoms with Crippen LogP contribution in [0.3, 0.4) is 0 Å². The standard InChI is InChI=1S/C10H18N2O4/c1-6(11)9(13)12-7-4-3-5-16-8(7)10(14)15-2/h6-8H,3-5,11H2,1-2H3,(H,12,13)/t6-,7+,8+/m1/s1. The number of nitrogens with two attached hydrogens (primary N) is 1. The third kappa shape index (κ3) is 3.18. The van der Waals surface area contributed by atoms with Gasteiger partial charge in [-0.2, -0.15) is 0 Å². The molecule has 3 atom stereocenters. The molecule has 6 heteroatoms. The number of carbonyl (C=O) groups is 2. The summed E-state index contributed by atoms with van der Waals surface area (Å²) < 4.78 is 9.91. The van der Waals surface area contributed by atoms with Crippen molar-refractivity contribution in [2.24, 2.45) is 5.73 Å². The molecule has 6 nitrogen and oxygen atoms in total. The molecule has 1 aliphatic heterocycles. The van der Waals surface area contributed by atoms with Crippen LogP contribution in [0.5, 0.6) is 0 Å². The lowest BCUT2D eigenvalue weighted by Crippen LogP contribution is -2.54. The Morgan fingerprint density at radius 2 is 2.25 bits per heavy atom. The van der Waals surface area contributed by atoms with Gasteiger partial charge in [0.15, 0.2) is 6.10 Å². The van der Waals surface area contributed by atoms with E-state index in [1.54, 1.807) is 6.92 Å². The Hall–Kier alpha value is -1.14. The molecule has 0 saturated carbocycles. The molecule has 1 amide bonds. The number of esters is 1. The molecule has 0 aliphatic carbocycles. The number of amides is 1. The van der Waals surface area contributed by atoms with E-state index in [1.807, 2.05) is 0 Å². The van der Waals surface area contributed by atoms with Crippen LogP contribution in [0, 0.1) is 0 Å². The molecule has 0 aromatic heterocycles. The molecule has 0 unspecified atom stereocenters. The molecule has 3 N–H and O–H groups in total. The second-order valence-corrected chi connectivity index (χ2v) is 3.86. The molecule has 0 aromatic carbocycles. The Morgan fingerprint density at radius 1 is 1.56 bits per heavy atom. The van der Waals surface area contributed by atoms with E-state index in [0.717, 1.165) is 6.42 Å². The van der Waals surface area contributed by atoms with Crippen molar-refractivity contribution in [3.05, 3.63) is 0 Å². The average Bonchev–Trinajstić information content (AvgIpc) is 2.28. The second kappa shape index (κ2) is 5.81. The number of carbonyl (C=O) groups excluding carboxylic acids is 2. The number of ether oxygens (including phenoxy) is 2. The van der Waals surface area contributed by atoms with Crippen molar-refractivity contribution in [2.75, 3.05) is 13.7 Å². The number of hydrogen-bond donors (Lipinski definition) is 2. The molecule has 1 rings (SSSR count). The summed E-state index contributed by atoms with van der Waals surface area (Å²) in [5.74, 6) is -0.751. The van der Waals surface area contributed by atoms with Crippen LogP contribution in [-0.4, -0.2) is 43.8 Å². The van der Waals surface area contributed by atoms with Gasteiger partial charge in [0.25, 0.3) is 0 Å². The van der Waals surface area contributed by atoms with Crippen molar-refractivity contribution >= 4 is 11.9 Å². The maximum Gasteiger partial charge on any atom is 0.337 e. The van der Waals surface area contributed by atoms with E-state index in [9.17, 15) is 9.59 Å². The Labute approximate surface area is 94.5 Å². The summed E-state index contributed by atoms with van der Waals surface area (Å²) in [6.45, 7) is 2.09. The molecule has 1 aliphatic rings. The first-order valence-electron chi connectivity index (χ1n) is 5.31. The maximum absolute atomic E-state index is 11.4. The summed E-state index contributed by atoms with van der Waals surface area (Å²) in [5, 5.41) is 2.69. The minimum atomic E-state index is -0.721. The fourth-order valence-corrected chi connectivity index (χ4v) is 1.59. The summed E-state index contributed by atoms with van der Waals surface area (Å²) in [6.07, 6.45) is 0.775. The predicted octanol–water partition coefficient (Wildman–Crippen LogP) is -0.830. The molecular weight excluding hydrogens is 212 g/mol. The van der Waals surface area contributed by atoms with Crippen molar-refractivity contribution in [3.8, 4) is 0 Å². The summed E-state index contributed by atoms with van der Waals surface area (Å²) in [4.78, 5) is 22.8. The van der Waals surface area contributed by atoms with Crippen molar-refractivity contribution in [1.82, 2.24) is 5.32 Å². The van der Waals surface area contributed by atoms with Crippen molar-refractivity contribution in [1.29, 1.82) is 0 Å². The fourth-order valence-electron chi connectivity index (χ4n) is 1.59. The van der Waals surface area contributed by atoms with Crippen LogP contribution in [0.1, 0.15) is 19.8 Å². The van der Waals surface area contributed by atoms with E-state index in [-0.39, 0.29) is 11.9 Å². The predicted molar refractivity (Wildman–Crippen MR) is 56.6 cm³/mol. The first-order valence-corrected chi connectivity index (χ1v) is 5.31. The van der Waals surface area contributed by atoms with E-state index in [2.05, 4.69) is 10.1 Å². The van der Waals surface area contributed by atoms with Gasteiger partial charge in [0, 0.05) is 6.61 Å². The highest BCUT2D eigenvalue weighted by Crippen LogP contribution is 2.15. The molecule has 1 saturated heterocycles. The van der Waals surface area contributed by atoms with Gasteiger partial charge >= 0.3 is 5.97 Å². The Balaban J connectivity index is 2.60. The van der Waals surface area contributed by atoms with Crippen LogP contribution < -0.4 is 11.1 Å². The summed E-state index contributed by atoms with van der Waals surface area (Å²) in [5.41, 5.74) is 5.44. The van der Waals surface area contributed by atoms with Gasteiger partial charge in [0.2, 0.25) is 5.91 Å². The second-order valence-electron chi connectivity index (χ2n) is 3.86. The minimum absolute atomic E-state index is 0.288. The third-order valence-electron chi connectivity index (χ3n) is 2.50. The van der Waals surface area contributed by atoms with E-state index in [0.29, 0.717) is 13.0 Å². The zero-order chi connectivity index (χ0) is 12.1. The van der Waals surface area contributed by atoms with Gasteiger partial charge in [-0.3, -0.25) is 4.79 Å². The zero-order valence-electron chi connectivity index (χ0n) is 9.56. The highest BCUT2D eigenvalue weighted by molar-refractivity contribution is 5.83. The van der Waals surface area contributed by atoms with Gasteiger partial charge in [-0.05, 0) is 19.8 Å². The Bertz CT molecular complexity index is 268. The van der Waals surface area contributed by atoms with Crippen LogP contribution in [0.2, 0.25) is 0 Å². The highest BCUT2D eigenvalue weighted by atomic mass is 16.6. The smallest absolute Gasteiger partial charge is 0.337 e. The van der Waals surface area contributed by atoms with E-state index < -0.39 is 18.1 Å². The minimum Gasteiger partial charge on any atom is -0.467 e. The van der Waals surface area contributed by atoms with Crippen molar-refractivity contribution in [2.45, 2.75) is 38.0 Å². The van der Waals surface area contributed by atoms with E-state index in [4.69, 9.17) is 10.5 Å². The maximum atomic E-state index is 11.4. The monoisotopic (exact) mass is 230 g/mol. The molecular formula is C10H18N2O4. The lowest BCUT2D eigenvalue weighted by molar-refractivity contribution is -0.159. The Kier molecular flexibility index (Phi) is 4.70. The topological polar surface area (TPSA) is 90.6 Å². The van der Waals surface area contributed by atoms with E-state index >= 15 is 0 Å². The zero-order valence-corrected chi connectivity index (χ0v) is 9.56. The normalized spacial score (nSPS) is 26.9. The number of hydrogen-bond acceptors (Lipinski definition) is 5. The molecule has 1 fully saturated rings. The molecule has 1 heterocycles. The number of rotatable bonds is 3. The van der Waals surface area contributed by atoms with Gasteiger partial charge < -0.3 is 20.5 Å². The van der Waals surface area contributed by atoms with Gasteiger partial charge in [0.05, 0.1) is 19.2 Å². The summed E-state index contributed by atoms with van der Waals surface area (Å²) in [7, 11) is 1.30. The lowest BCUT2D eigenvalue weighted by Gasteiger charge is -2.30. The van der Waals surface area contributed by atoms with Crippen molar-refractivity contribution < 1.29 is 19.1 Å². The van der Waals surface area contributed by atoms with Gasteiger partial charge in [-0.25, -0.2) is 4.79 Å². The largest absolute Gasteiger partial charge is 0.467 e. The Morgan fingerprint density at radius 3 is 2.81 bits per heavy atom. The number of nitrogens with one attached hydrogen (secondary N) is 1. The van der Waals surface area contributed by atoms with Gasteiger partial charge in [0.1, 0.15) is 0 Å². The average molecular weight is 230 g/mol. The summed E-state index contributed by atoms with van der Waals surface area (Å²) >= 11 is 0. The number of methoxy groups -OCH3 is 1. The molecule has 92 valence electrons. The van der Waals surface area contributed by atoms with Gasteiger partial charge in [-0.1, -0.05) is 0 Å². The SMILES string of the molecule is COC(=O)[C@H]1OCCC[C@@H]1NC(=O)[C@@H](C)N. The highest BCUT2D eigenvalue weighted by Gasteiger charge is 2.34. The van der Waals surface area contributed by atoms with E-state index in [1.165, 1.54) is 7.11 Å². The summed E-state index contributed by atoms with van der Waals surface area (Å²) in [6, 6.07) is -0.945. The first-order chi connectivity index (χ1) is 7.56. The van der Waals surface area contributed by atoms with Crippen LogP contribution in [0.25, 0.3) is 0 Å². The van der Waals surface area contributed by atoms with Crippen LogP contribution in [-0.2, 0) is 19.1 Å². The molecule has 0 spiro atoms. The van der Waals surface area contributed by atoms with Crippen LogP contribution >= 0.6 is 0 Å². The fraction of sp³-hybridized carbons (Fsp3) is 0.800. The van der Waals surface area contributed by atoms with Crippen LogP contribution in [0.4, 0.5) is 0 Å². The molecule has 0 bridgehead atoms. The van der Waals surface area contributed by atoms with Gasteiger partial charge in [-0.15, -0.1) is 0 Å². The molecule has 16 heavy (non-hydrogen) atoms. The third-order valence-corrected chi connectivity index (χ3v) is 2.50.